The highest BCUT2D eigenvalue weighted by Gasteiger charge is 2.21. The Hall–Kier alpha value is -6.44. The second-order valence-electron chi connectivity index (χ2n) is 11.6. The van der Waals surface area contributed by atoms with Crippen LogP contribution in [0.3, 0.4) is 0 Å². The maximum atomic E-state index is 9.73. The molecule has 1 aromatic heterocycles. The summed E-state index contributed by atoms with van der Waals surface area (Å²) in [5.41, 5.74) is 2.34. The van der Waals surface area contributed by atoms with Gasteiger partial charge in [0.2, 0.25) is 0 Å². The third-order valence-electron chi connectivity index (χ3n) is 8.98. The Labute approximate surface area is 306 Å². The van der Waals surface area contributed by atoms with Gasteiger partial charge in [0.1, 0.15) is 11.2 Å². The molecule has 0 atom stereocenters. The van der Waals surface area contributed by atoms with Gasteiger partial charge in [-0.2, -0.15) is 0 Å². The highest BCUT2D eigenvalue weighted by molar-refractivity contribution is 6.27. The van der Waals surface area contributed by atoms with Gasteiger partial charge >= 0.3 is 0 Å². The molecule has 0 radical (unpaired) electrons. The molecule has 0 unspecified atom stereocenters. The van der Waals surface area contributed by atoms with E-state index < -0.39 is 90.2 Å². The van der Waals surface area contributed by atoms with Gasteiger partial charge in [-0.1, -0.05) is 163 Å². The van der Waals surface area contributed by atoms with Crippen molar-refractivity contribution in [3.63, 3.8) is 0 Å². The molecule has 0 spiro atoms. The Kier molecular flexibility index (Phi) is 3.64. The Morgan fingerprint density at radius 2 is 0.898 bits per heavy atom. The average Bonchev–Trinajstić information content (AvgIpc) is 3.69. The van der Waals surface area contributed by atoms with E-state index in [1.54, 1.807) is 36.4 Å². The number of furan rings is 1. The molecule has 0 aliphatic heterocycles. The molecule has 0 saturated heterocycles. The Bertz CT molecular complexity index is 3680. The minimum atomic E-state index is -0.705. The normalized spacial score (nSPS) is 16.2. The molecule has 0 bridgehead atoms. The highest BCUT2D eigenvalue weighted by Crippen LogP contribution is 2.48. The van der Waals surface area contributed by atoms with Gasteiger partial charge in [0.25, 0.3) is 0 Å². The van der Waals surface area contributed by atoms with Gasteiger partial charge < -0.3 is 4.42 Å². The van der Waals surface area contributed by atoms with Crippen LogP contribution in [0.25, 0.3) is 98.8 Å². The summed E-state index contributed by atoms with van der Waals surface area (Å²) in [6.45, 7) is 0. The van der Waals surface area contributed by atoms with Crippen LogP contribution in [-0.4, -0.2) is 0 Å². The fourth-order valence-electron chi connectivity index (χ4n) is 6.96. The van der Waals surface area contributed by atoms with Crippen LogP contribution in [0.5, 0.6) is 0 Å². The zero-order valence-electron chi connectivity index (χ0n) is 41.5. The maximum absolute atomic E-state index is 9.73. The van der Waals surface area contributed by atoms with Gasteiger partial charge in [0.15, 0.2) is 0 Å². The third-order valence-corrected chi connectivity index (χ3v) is 8.98. The number of rotatable bonds is 4. The van der Waals surface area contributed by atoms with Gasteiger partial charge in [-0.3, -0.25) is 0 Å². The average molecular weight is 639 g/mol. The second-order valence-corrected chi connectivity index (χ2v) is 11.6. The van der Waals surface area contributed by atoms with Crippen molar-refractivity contribution in [1.29, 1.82) is 0 Å². The van der Waals surface area contributed by atoms with Crippen molar-refractivity contribution < 1.29 is 26.3 Å². The molecule has 0 aliphatic carbocycles. The fourth-order valence-corrected chi connectivity index (χ4v) is 6.96. The summed E-state index contributed by atoms with van der Waals surface area (Å²) in [4.78, 5) is 0. The van der Waals surface area contributed by atoms with Crippen molar-refractivity contribution in [2.75, 3.05) is 0 Å². The monoisotopic (exact) mass is 638 g/mol. The SMILES string of the molecule is [2H]c1c([2H])c([2H])c(-c2ccc3oc4cccc(-c5c6ccccc6c(-c6c([2H])c([2H])c(-c7c([2H])c([2H])c([2H])c([2H])c7[2H])c7c([2H])c([2H])c([2H])c([2H])c67)c6ccccc56)c4c3c2)c([2H])c1[2H]. The van der Waals surface area contributed by atoms with Crippen LogP contribution in [-0.2, 0) is 0 Å². The molecule has 228 valence electrons. The minimum Gasteiger partial charge on any atom is -0.456 e. The molecule has 0 aliphatic rings. The first-order chi connectivity index (χ1) is 31.0. The predicted octanol–water partition coefficient (Wildman–Crippen LogP) is 13.7. The van der Waals surface area contributed by atoms with Crippen molar-refractivity contribution in [1.82, 2.24) is 0 Å². The smallest absolute Gasteiger partial charge is 0.136 e. The van der Waals surface area contributed by atoms with Crippen molar-refractivity contribution in [3.8, 4) is 44.5 Å². The lowest BCUT2D eigenvalue weighted by Gasteiger charge is -2.20. The molecule has 9 aromatic carbocycles. The summed E-state index contributed by atoms with van der Waals surface area (Å²) in [7, 11) is 0. The molecular formula is C48H30O. The zero-order chi connectivity index (χ0) is 46.2. The lowest BCUT2D eigenvalue weighted by atomic mass is 9.83. The molecule has 0 amide bonds. The summed E-state index contributed by atoms with van der Waals surface area (Å²) < 4.78 is 146. The Morgan fingerprint density at radius 1 is 0.347 bits per heavy atom. The zero-order valence-corrected chi connectivity index (χ0v) is 25.5. The number of hydrogen-bond donors (Lipinski definition) is 0. The van der Waals surface area contributed by atoms with Crippen LogP contribution < -0.4 is 0 Å². The van der Waals surface area contributed by atoms with Crippen LogP contribution in [0.2, 0.25) is 0 Å². The van der Waals surface area contributed by atoms with E-state index in [0.717, 1.165) is 5.56 Å². The topological polar surface area (TPSA) is 13.1 Å². The third kappa shape index (κ3) is 4.33. The molecule has 10 rings (SSSR count). The van der Waals surface area contributed by atoms with E-state index in [1.165, 1.54) is 0 Å². The summed E-state index contributed by atoms with van der Waals surface area (Å²) in [5.74, 6) is 0. The second kappa shape index (κ2) is 11.1. The molecule has 49 heavy (non-hydrogen) atoms. The first-order valence-corrected chi connectivity index (χ1v) is 15.5. The van der Waals surface area contributed by atoms with E-state index >= 15 is 0 Å². The quantitative estimate of drug-likeness (QED) is 0.175. The van der Waals surface area contributed by atoms with E-state index in [-0.39, 0.29) is 39.5 Å². The van der Waals surface area contributed by atoms with Crippen LogP contribution >= 0.6 is 0 Å². The van der Waals surface area contributed by atoms with Crippen molar-refractivity contribution in [2.45, 2.75) is 0 Å². The predicted molar refractivity (Wildman–Crippen MR) is 208 cm³/mol. The molecule has 1 nitrogen and oxygen atoms in total. The Balaban J connectivity index is 1.35. The molecule has 0 fully saturated rings. The lowest BCUT2D eigenvalue weighted by molar-refractivity contribution is 0.669. The van der Waals surface area contributed by atoms with Gasteiger partial charge in [-0.25, -0.2) is 0 Å². The molecule has 1 heteroatoms. The van der Waals surface area contributed by atoms with E-state index in [1.807, 2.05) is 48.5 Å². The Morgan fingerprint density at radius 3 is 1.55 bits per heavy atom. The minimum absolute atomic E-state index is 0.0118. The molecule has 0 N–H and O–H groups in total. The summed E-state index contributed by atoms with van der Waals surface area (Å²) >= 11 is 0. The number of fused-ring (bicyclic) bond motifs is 6. The van der Waals surface area contributed by atoms with E-state index in [2.05, 4.69) is 0 Å². The number of benzene rings is 9. The summed E-state index contributed by atoms with van der Waals surface area (Å²) in [6.07, 6.45) is 0. The molecule has 1 heterocycles. The van der Waals surface area contributed by atoms with Gasteiger partial charge in [0.05, 0.1) is 21.9 Å². The van der Waals surface area contributed by atoms with Crippen molar-refractivity contribution >= 4 is 54.3 Å². The van der Waals surface area contributed by atoms with Crippen LogP contribution in [0.4, 0.5) is 0 Å². The molecule has 0 saturated carbocycles. The fraction of sp³-hybridized carbons (Fsp3) is 0. The maximum Gasteiger partial charge on any atom is 0.136 e. The summed E-state index contributed by atoms with van der Waals surface area (Å²) in [6, 6.07) is 16.2. The molecular weight excluding hydrogens is 593 g/mol. The first-order valence-electron chi connectivity index (χ1n) is 23.5. The van der Waals surface area contributed by atoms with Crippen LogP contribution in [0.1, 0.15) is 21.9 Å². The van der Waals surface area contributed by atoms with Crippen molar-refractivity contribution in [3.05, 3.63) is 182 Å². The van der Waals surface area contributed by atoms with Gasteiger partial charge in [-0.05, 0) is 95.0 Å². The van der Waals surface area contributed by atoms with E-state index in [9.17, 15) is 5.48 Å². The lowest BCUT2D eigenvalue weighted by Crippen LogP contribution is -1.92. The van der Waals surface area contributed by atoms with Crippen LogP contribution in [0.15, 0.2) is 186 Å². The standard InChI is InChI=1S/C48H30O/c1-3-14-31(15-4-1)33-26-29-44-43(30-33)48-42(24-13-25-45(48)49-44)47-39-22-11-9-20-37(39)46(38-21-10-12-23-40(38)47)41-28-27-34(32-16-5-2-6-17-32)35-18-7-8-19-36(35)41/h1-30H/i1D,2D,3D,4D,5D,6D,7D,8D,14D,15D,16D,17D,18D,19D,27D,28D. The number of hydrogen-bond acceptors (Lipinski definition) is 1. The molecule has 10 aromatic rings. The van der Waals surface area contributed by atoms with E-state index in [4.69, 9.17) is 20.9 Å². The van der Waals surface area contributed by atoms with Gasteiger partial charge in [-0.15, -0.1) is 0 Å². The highest BCUT2D eigenvalue weighted by atomic mass is 16.3. The van der Waals surface area contributed by atoms with Gasteiger partial charge in [0, 0.05) is 10.8 Å². The first kappa shape index (κ1) is 16.1. The van der Waals surface area contributed by atoms with Crippen LogP contribution in [0, 0.1) is 0 Å². The summed E-state index contributed by atoms with van der Waals surface area (Å²) in [5, 5.41) is 3.23. The van der Waals surface area contributed by atoms with E-state index in [0.29, 0.717) is 60.2 Å². The largest absolute Gasteiger partial charge is 0.456 e. The van der Waals surface area contributed by atoms with Crippen molar-refractivity contribution in [2.24, 2.45) is 0 Å².